The molecule has 1 aromatic heterocycles. The van der Waals surface area contributed by atoms with Crippen LogP contribution in [0.25, 0.3) is 0 Å². The van der Waals surface area contributed by atoms with Crippen molar-refractivity contribution in [2.24, 2.45) is 0 Å². The third-order valence-corrected chi connectivity index (χ3v) is 5.60. The average Bonchev–Trinajstić information content (AvgIpc) is 3.27. The van der Waals surface area contributed by atoms with Gasteiger partial charge in [0.25, 0.3) is 5.91 Å². The van der Waals surface area contributed by atoms with E-state index >= 15 is 0 Å². The summed E-state index contributed by atoms with van der Waals surface area (Å²) < 4.78 is 0. The maximum Gasteiger partial charge on any atom is 0.251 e. The maximum atomic E-state index is 12.6. The van der Waals surface area contributed by atoms with Crippen molar-refractivity contribution in [2.75, 3.05) is 32.1 Å². The number of thiophene rings is 1. The second-order valence-corrected chi connectivity index (χ2v) is 7.75. The van der Waals surface area contributed by atoms with Gasteiger partial charge in [-0.25, -0.2) is 0 Å². The van der Waals surface area contributed by atoms with Crippen LogP contribution in [-0.2, 0) is 4.79 Å². The number of amides is 2. The number of carbonyl (C=O) groups excluding carboxylic acids is 2. The Kier molecular flexibility index (Phi) is 5.96. The topological polar surface area (TPSA) is 52.7 Å². The number of nitrogens with zero attached hydrogens (tertiary/aromatic N) is 2. The molecule has 5 nitrogen and oxygen atoms in total. The minimum absolute atomic E-state index is 0.0505. The molecule has 1 saturated heterocycles. The molecule has 1 N–H and O–H groups in total. The highest BCUT2D eigenvalue weighted by atomic mass is 35.5. The lowest BCUT2D eigenvalue weighted by Gasteiger charge is -2.24. The van der Waals surface area contributed by atoms with Crippen LogP contribution in [0, 0.1) is 0 Å². The van der Waals surface area contributed by atoms with Gasteiger partial charge in [0.2, 0.25) is 5.91 Å². The van der Waals surface area contributed by atoms with Crippen molar-refractivity contribution in [1.82, 2.24) is 10.2 Å². The lowest BCUT2D eigenvalue weighted by atomic mass is 10.1. The first-order valence-corrected chi connectivity index (χ1v) is 9.86. The molecule has 1 atom stereocenters. The Bertz CT molecular complexity index is 792. The molecule has 0 aliphatic carbocycles. The largest absolute Gasteiger partial charge is 0.350 e. The number of halogens is 1. The molecule has 2 heterocycles. The SMILES string of the molecule is CN(C)[C@@H](CNC(=O)c1ccc(Cl)c(N2CCCC2=O)c1)c1ccsc1. The molecule has 0 radical (unpaired) electrons. The van der Waals surface area contributed by atoms with Gasteiger partial charge in [0.15, 0.2) is 0 Å². The van der Waals surface area contributed by atoms with Crippen molar-refractivity contribution in [2.45, 2.75) is 18.9 Å². The van der Waals surface area contributed by atoms with E-state index in [-0.39, 0.29) is 17.9 Å². The number of hydrogen-bond acceptors (Lipinski definition) is 4. The fraction of sp³-hybridized carbons (Fsp3) is 0.368. The van der Waals surface area contributed by atoms with E-state index in [1.807, 2.05) is 19.5 Å². The molecule has 138 valence electrons. The second-order valence-electron chi connectivity index (χ2n) is 6.56. The van der Waals surface area contributed by atoms with Crippen molar-refractivity contribution in [1.29, 1.82) is 0 Å². The van der Waals surface area contributed by atoms with Crippen molar-refractivity contribution in [3.63, 3.8) is 0 Å². The van der Waals surface area contributed by atoms with E-state index in [4.69, 9.17) is 11.6 Å². The Balaban J connectivity index is 1.72. The Morgan fingerprint density at radius 2 is 2.19 bits per heavy atom. The first kappa shape index (κ1) is 18.9. The van der Waals surface area contributed by atoms with E-state index in [0.717, 1.165) is 6.42 Å². The summed E-state index contributed by atoms with van der Waals surface area (Å²) in [5, 5.41) is 7.61. The summed E-state index contributed by atoms with van der Waals surface area (Å²) in [5.74, 6) is -0.119. The van der Waals surface area contributed by atoms with Gasteiger partial charge in [-0.05, 0) is 61.1 Å². The van der Waals surface area contributed by atoms with Crippen molar-refractivity contribution < 1.29 is 9.59 Å². The fourth-order valence-electron chi connectivity index (χ4n) is 3.12. The molecule has 1 aromatic carbocycles. The summed E-state index contributed by atoms with van der Waals surface area (Å²) in [4.78, 5) is 28.4. The standard InChI is InChI=1S/C19H22ClN3O2S/c1-22(2)17(14-7-9-26-12-14)11-21-19(25)13-5-6-15(20)16(10-13)23-8-3-4-18(23)24/h5-7,9-10,12,17H,3-4,8,11H2,1-2H3,(H,21,25)/t17-/m0/s1. The lowest BCUT2D eigenvalue weighted by molar-refractivity contribution is -0.117. The van der Waals surface area contributed by atoms with E-state index in [2.05, 4.69) is 21.7 Å². The molecule has 1 fully saturated rings. The van der Waals surface area contributed by atoms with Gasteiger partial charge >= 0.3 is 0 Å². The quantitative estimate of drug-likeness (QED) is 0.819. The van der Waals surface area contributed by atoms with Crippen LogP contribution in [-0.4, -0.2) is 43.9 Å². The Labute approximate surface area is 162 Å². The predicted molar refractivity (Wildman–Crippen MR) is 106 cm³/mol. The molecule has 2 amide bonds. The first-order chi connectivity index (χ1) is 12.5. The van der Waals surface area contributed by atoms with Gasteiger partial charge in [0.05, 0.1) is 16.8 Å². The number of anilines is 1. The average molecular weight is 392 g/mol. The van der Waals surface area contributed by atoms with Gasteiger partial charge in [-0.3, -0.25) is 9.59 Å². The summed E-state index contributed by atoms with van der Waals surface area (Å²) in [6, 6.07) is 7.25. The molecule has 0 spiro atoms. The van der Waals surface area contributed by atoms with Crippen molar-refractivity contribution >= 4 is 40.4 Å². The molecule has 1 aliphatic heterocycles. The summed E-state index contributed by atoms with van der Waals surface area (Å²) >= 11 is 7.89. The zero-order chi connectivity index (χ0) is 18.7. The van der Waals surface area contributed by atoms with Crippen LogP contribution in [0.4, 0.5) is 5.69 Å². The number of carbonyl (C=O) groups is 2. The number of hydrogen-bond donors (Lipinski definition) is 1. The number of rotatable bonds is 6. The number of likely N-dealkylation sites (N-methyl/N-ethyl adjacent to an activating group) is 1. The monoisotopic (exact) mass is 391 g/mol. The maximum absolute atomic E-state index is 12.6. The minimum atomic E-state index is -0.170. The zero-order valence-corrected chi connectivity index (χ0v) is 16.4. The van der Waals surface area contributed by atoms with Gasteiger partial charge in [0, 0.05) is 25.1 Å². The van der Waals surface area contributed by atoms with E-state index in [1.54, 1.807) is 34.4 Å². The van der Waals surface area contributed by atoms with E-state index in [9.17, 15) is 9.59 Å². The van der Waals surface area contributed by atoms with Crippen LogP contribution in [0.3, 0.4) is 0 Å². The second kappa shape index (κ2) is 8.20. The van der Waals surface area contributed by atoms with Crippen LogP contribution >= 0.6 is 22.9 Å². The molecule has 26 heavy (non-hydrogen) atoms. The van der Waals surface area contributed by atoms with E-state index < -0.39 is 0 Å². The highest BCUT2D eigenvalue weighted by Gasteiger charge is 2.24. The van der Waals surface area contributed by atoms with Gasteiger partial charge in [-0.2, -0.15) is 11.3 Å². The molecule has 0 unspecified atom stereocenters. The van der Waals surface area contributed by atoms with Crippen molar-refractivity contribution in [3.05, 3.63) is 51.2 Å². The predicted octanol–water partition coefficient (Wildman–Crippen LogP) is 3.56. The fourth-order valence-corrected chi connectivity index (χ4v) is 4.04. The Hall–Kier alpha value is -1.89. The number of benzene rings is 1. The van der Waals surface area contributed by atoms with E-state index in [0.29, 0.717) is 35.8 Å². The minimum Gasteiger partial charge on any atom is -0.350 e. The Morgan fingerprint density at radius 3 is 2.81 bits per heavy atom. The molecular formula is C19H22ClN3O2S. The van der Waals surface area contributed by atoms with Crippen LogP contribution in [0.1, 0.15) is 34.8 Å². The third-order valence-electron chi connectivity index (χ3n) is 4.58. The highest BCUT2D eigenvalue weighted by molar-refractivity contribution is 7.08. The van der Waals surface area contributed by atoms with Crippen molar-refractivity contribution in [3.8, 4) is 0 Å². The summed E-state index contributed by atoms with van der Waals surface area (Å²) in [5.41, 5.74) is 2.30. The summed E-state index contributed by atoms with van der Waals surface area (Å²) in [6.07, 6.45) is 1.34. The van der Waals surface area contributed by atoms with Gasteiger partial charge in [-0.1, -0.05) is 11.6 Å². The molecule has 3 rings (SSSR count). The number of nitrogens with one attached hydrogen (secondary N) is 1. The van der Waals surface area contributed by atoms with Gasteiger partial charge < -0.3 is 15.1 Å². The molecule has 2 aromatic rings. The van der Waals surface area contributed by atoms with Crippen LogP contribution < -0.4 is 10.2 Å². The highest BCUT2D eigenvalue weighted by Crippen LogP contribution is 2.30. The molecule has 0 bridgehead atoms. The zero-order valence-electron chi connectivity index (χ0n) is 14.9. The van der Waals surface area contributed by atoms with Gasteiger partial charge in [0.1, 0.15) is 0 Å². The summed E-state index contributed by atoms with van der Waals surface area (Å²) in [6.45, 7) is 1.15. The molecular weight excluding hydrogens is 370 g/mol. The summed E-state index contributed by atoms with van der Waals surface area (Å²) in [7, 11) is 3.99. The first-order valence-electron chi connectivity index (χ1n) is 8.54. The third kappa shape index (κ3) is 4.09. The lowest BCUT2D eigenvalue weighted by Crippen LogP contribution is -2.34. The molecule has 0 saturated carbocycles. The Morgan fingerprint density at radius 1 is 1.38 bits per heavy atom. The van der Waals surface area contributed by atoms with Crippen LogP contribution in [0.2, 0.25) is 5.02 Å². The smallest absolute Gasteiger partial charge is 0.251 e. The van der Waals surface area contributed by atoms with Gasteiger partial charge in [-0.15, -0.1) is 0 Å². The van der Waals surface area contributed by atoms with Crippen LogP contribution in [0.5, 0.6) is 0 Å². The molecule has 1 aliphatic rings. The normalized spacial score (nSPS) is 15.5. The van der Waals surface area contributed by atoms with Crippen LogP contribution in [0.15, 0.2) is 35.0 Å². The van der Waals surface area contributed by atoms with E-state index in [1.165, 1.54) is 5.56 Å². The molecule has 7 heteroatoms.